The van der Waals surface area contributed by atoms with Gasteiger partial charge in [0.1, 0.15) is 6.61 Å². The zero-order valence-electron chi connectivity index (χ0n) is 16.2. The predicted octanol–water partition coefficient (Wildman–Crippen LogP) is 6.76. The van der Waals surface area contributed by atoms with Crippen molar-refractivity contribution in [3.8, 4) is 11.5 Å². The van der Waals surface area contributed by atoms with Crippen molar-refractivity contribution in [1.82, 2.24) is 5.43 Å². The van der Waals surface area contributed by atoms with E-state index in [0.29, 0.717) is 42.2 Å². The third kappa shape index (κ3) is 6.37. The summed E-state index contributed by atoms with van der Waals surface area (Å²) >= 11 is 21.3. The van der Waals surface area contributed by atoms with Gasteiger partial charge in [-0.25, -0.2) is 5.43 Å². The van der Waals surface area contributed by atoms with Gasteiger partial charge in [-0.1, -0.05) is 40.9 Å². The standard InChI is InChI=1S/C22H16BrCl3N2O3/c1-30-20-9-15(11-27-28-22(29)14-3-5-16(24)6-4-14)17(23)10-21(20)31-12-13-2-7-18(25)19(26)8-13/h2-11H,12H2,1H3,(H,28,29)/b27-11+. The van der Waals surface area contributed by atoms with E-state index >= 15 is 0 Å². The molecule has 9 heteroatoms. The molecule has 3 aromatic rings. The Morgan fingerprint density at radius 2 is 1.77 bits per heavy atom. The van der Waals surface area contributed by atoms with Crippen molar-refractivity contribution in [2.45, 2.75) is 6.61 Å². The summed E-state index contributed by atoms with van der Waals surface area (Å²) in [7, 11) is 1.54. The zero-order chi connectivity index (χ0) is 22.4. The van der Waals surface area contributed by atoms with Crippen molar-refractivity contribution in [3.63, 3.8) is 0 Å². The van der Waals surface area contributed by atoms with Crippen LogP contribution in [0.1, 0.15) is 21.5 Å². The molecule has 0 aliphatic heterocycles. The maximum absolute atomic E-state index is 12.1. The molecule has 1 amide bonds. The number of hydrazone groups is 1. The third-order valence-electron chi connectivity index (χ3n) is 4.14. The second-order valence-electron chi connectivity index (χ2n) is 6.27. The molecule has 31 heavy (non-hydrogen) atoms. The average molecular weight is 543 g/mol. The van der Waals surface area contributed by atoms with Crippen LogP contribution in [0, 0.1) is 0 Å². The van der Waals surface area contributed by atoms with Crippen LogP contribution < -0.4 is 14.9 Å². The van der Waals surface area contributed by atoms with E-state index in [2.05, 4.69) is 26.5 Å². The molecule has 160 valence electrons. The van der Waals surface area contributed by atoms with Crippen LogP contribution in [0.25, 0.3) is 0 Å². The molecule has 1 N–H and O–H groups in total. The number of amides is 1. The topological polar surface area (TPSA) is 59.9 Å². The summed E-state index contributed by atoms with van der Waals surface area (Å²) in [5.74, 6) is 0.689. The summed E-state index contributed by atoms with van der Waals surface area (Å²) in [6, 6.07) is 15.3. The minimum absolute atomic E-state index is 0.282. The second kappa shape index (κ2) is 10.9. The molecule has 0 heterocycles. The van der Waals surface area contributed by atoms with Crippen LogP contribution in [0.5, 0.6) is 11.5 Å². The van der Waals surface area contributed by atoms with Crippen LogP contribution in [0.4, 0.5) is 0 Å². The first kappa shape index (κ1) is 23.4. The van der Waals surface area contributed by atoms with Crippen LogP contribution in [0.15, 0.2) is 64.2 Å². The quantitative estimate of drug-likeness (QED) is 0.265. The van der Waals surface area contributed by atoms with Crippen LogP contribution >= 0.6 is 50.7 Å². The highest BCUT2D eigenvalue weighted by Crippen LogP contribution is 2.34. The first-order valence-electron chi connectivity index (χ1n) is 8.90. The van der Waals surface area contributed by atoms with Gasteiger partial charge in [-0.15, -0.1) is 0 Å². The number of rotatable bonds is 7. The number of hydrogen-bond acceptors (Lipinski definition) is 4. The lowest BCUT2D eigenvalue weighted by Gasteiger charge is -2.13. The fourth-order valence-corrected chi connectivity index (χ4v) is 3.41. The largest absolute Gasteiger partial charge is 0.493 e. The lowest BCUT2D eigenvalue weighted by Crippen LogP contribution is -2.17. The van der Waals surface area contributed by atoms with E-state index < -0.39 is 0 Å². The first-order valence-corrected chi connectivity index (χ1v) is 10.8. The minimum atomic E-state index is -0.349. The van der Waals surface area contributed by atoms with Crippen LogP contribution in [0.2, 0.25) is 15.1 Å². The molecular weight excluding hydrogens is 527 g/mol. The Hall–Kier alpha value is -2.25. The Morgan fingerprint density at radius 1 is 1.03 bits per heavy atom. The van der Waals surface area contributed by atoms with Gasteiger partial charge in [0.05, 0.1) is 23.4 Å². The zero-order valence-corrected chi connectivity index (χ0v) is 20.0. The monoisotopic (exact) mass is 540 g/mol. The van der Waals surface area contributed by atoms with E-state index in [1.807, 2.05) is 6.07 Å². The lowest BCUT2D eigenvalue weighted by molar-refractivity contribution is 0.0955. The summed E-state index contributed by atoms with van der Waals surface area (Å²) in [6.07, 6.45) is 1.50. The fraction of sp³-hybridized carbons (Fsp3) is 0.0909. The van der Waals surface area contributed by atoms with Gasteiger partial charge in [-0.2, -0.15) is 5.10 Å². The van der Waals surface area contributed by atoms with Gasteiger partial charge in [0.15, 0.2) is 11.5 Å². The molecule has 0 fully saturated rings. The summed E-state index contributed by atoms with van der Waals surface area (Å²) in [5, 5.41) is 5.51. The Morgan fingerprint density at radius 3 is 2.45 bits per heavy atom. The fourth-order valence-electron chi connectivity index (χ4n) is 2.54. The highest BCUT2D eigenvalue weighted by molar-refractivity contribution is 9.10. The summed E-state index contributed by atoms with van der Waals surface area (Å²) in [6.45, 7) is 0.282. The molecule has 3 aromatic carbocycles. The van der Waals surface area contributed by atoms with E-state index in [1.165, 1.54) is 6.21 Å². The molecule has 0 saturated heterocycles. The SMILES string of the molecule is COc1cc(/C=N/NC(=O)c2ccc(Cl)cc2)c(Br)cc1OCc1ccc(Cl)c(Cl)c1. The van der Waals surface area contributed by atoms with Gasteiger partial charge in [0, 0.05) is 20.6 Å². The molecular formula is C22H16BrCl3N2O3. The van der Waals surface area contributed by atoms with Crippen molar-refractivity contribution in [1.29, 1.82) is 0 Å². The smallest absolute Gasteiger partial charge is 0.271 e. The molecule has 0 aliphatic rings. The molecule has 0 spiro atoms. The lowest BCUT2D eigenvalue weighted by atomic mass is 10.2. The van der Waals surface area contributed by atoms with E-state index in [0.717, 1.165) is 5.56 Å². The highest BCUT2D eigenvalue weighted by Gasteiger charge is 2.11. The van der Waals surface area contributed by atoms with Gasteiger partial charge < -0.3 is 9.47 Å². The molecule has 0 aliphatic carbocycles. The molecule has 0 aromatic heterocycles. The number of nitrogens with one attached hydrogen (secondary N) is 1. The average Bonchev–Trinajstić information content (AvgIpc) is 2.76. The number of halogens is 4. The number of benzene rings is 3. The van der Waals surface area contributed by atoms with Gasteiger partial charge in [0.25, 0.3) is 5.91 Å². The molecule has 0 atom stereocenters. The van der Waals surface area contributed by atoms with Crippen molar-refractivity contribution in [2.24, 2.45) is 5.10 Å². The summed E-state index contributed by atoms with van der Waals surface area (Å²) in [4.78, 5) is 12.1. The van der Waals surface area contributed by atoms with Gasteiger partial charge in [-0.3, -0.25) is 4.79 Å². The Balaban J connectivity index is 1.69. The number of hydrogen-bond donors (Lipinski definition) is 1. The van der Waals surface area contributed by atoms with Gasteiger partial charge in [0.2, 0.25) is 0 Å². The molecule has 5 nitrogen and oxygen atoms in total. The van der Waals surface area contributed by atoms with E-state index in [9.17, 15) is 4.79 Å². The molecule has 3 rings (SSSR count). The van der Waals surface area contributed by atoms with Crippen molar-refractivity contribution in [3.05, 3.63) is 90.8 Å². The Bertz CT molecular complexity index is 1120. The summed E-state index contributed by atoms with van der Waals surface area (Å²) < 4.78 is 12.0. The normalized spacial score (nSPS) is 10.9. The van der Waals surface area contributed by atoms with Crippen LogP contribution in [-0.2, 0) is 6.61 Å². The van der Waals surface area contributed by atoms with Crippen molar-refractivity contribution >= 4 is 62.9 Å². The third-order valence-corrected chi connectivity index (χ3v) is 5.82. The van der Waals surface area contributed by atoms with Crippen LogP contribution in [-0.4, -0.2) is 19.2 Å². The minimum Gasteiger partial charge on any atom is -0.493 e. The molecule has 0 radical (unpaired) electrons. The van der Waals surface area contributed by atoms with Gasteiger partial charge in [-0.05, 0) is 70.0 Å². The van der Waals surface area contributed by atoms with Crippen molar-refractivity contribution < 1.29 is 14.3 Å². The highest BCUT2D eigenvalue weighted by atomic mass is 79.9. The molecule has 0 bridgehead atoms. The molecule has 0 saturated carbocycles. The van der Waals surface area contributed by atoms with E-state index in [1.54, 1.807) is 55.6 Å². The number of methoxy groups -OCH3 is 1. The number of carbonyl (C=O) groups is 1. The maximum atomic E-state index is 12.1. The van der Waals surface area contributed by atoms with Gasteiger partial charge >= 0.3 is 0 Å². The Labute approximate surface area is 203 Å². The van der Waals surface area contributed by atoms with E-state index in [-0.39, 0.29) is 12.5 Å². The number of ether oxygens (including phenoxy) is 2. The summed E-state index contributed by atoms with van der Waals surface area (Å²) in [5.41, 5.74) is 4.48. The number of nitrogens with zero attached hydrogens (tertiary/aromatic N) is 1. The van der Waals surface area contributed by atoms with Crippen LogP contribution in [0.3, 0.4) is 0 Å². The number of carbonyl (C=O) groups excluding carboxylic acids is 1. The van der Waals surface area contributed by atoms with Crippen molar-refractivity contribution in [2.75, 3.05) is 7.11 Å². The second-order valence-corrected chi connectivity index (χ2v) is 8.37. The molecule has 0 unspecified atom stereocenters. The first-order chi connectivity index (χ1) is 14.9. The Kier molecular flexibility index (Phi) is 8.21. The van der Waals surface area contributed by atoms with E-state index in [4.69, 9.17) is 44.3 Å². The predicted molar refractivity (Wildman–Crippen MR) is 128 cm³/mol. The maximum Gasteiger partial charge on any atom is 0.271 e.